The fourth-order valence-corrected chi connectivity index (χ4v) is 8.84. The van der Waals surface area contributed by atoms with Crippen LogP contribution in [0.1, 0.15) is 310 Å². The molecule has 0 spiro atoms. The molecule has 0 aromatic carbocycles. The molecule has 0 aliphatic heterocycles. The van der Waals surface area contributed by atoms with E-state index in [2.05, 4.69) is 38.2 Å². The zero-order valence-corrected chi connectivity index (χ0v) is 42.0. The molecule has 0 aliphatic rings. The van der Waals surface area contributed by atoms with Crippen molar-refractivity contribution in [1.82, 2.24) is 5.32 Å². The fourth-order valence-electron chi connectivity index (χ4n) is 8.84. The zero-order chi connectivity index (χ0) is 45.2. The Bertz CT molecular complexity index is 939. The monoisotopic (exact) mass is 876 g/mol. The van der Waals surface area contributed by atoms with Crippen LogP contribution in [0.25, 0.3) is 0 Å². The number of nitrogens with one attached hydrogen (secondary N) is 1. The lowest BCUT2D eigenvalue weighted by Gasteiger charge is -2.24. The summed E-state index contributed by atoms with van der Waals surface area (Å²) >= 11 is 0. The van der Waals surface area contributed by atoms with E-state index in [1.54, 1.807) is 0 Å². The Morgan fingerprint density at radius 3 is 1.15 bits per heavy atom. The van der Waals surface area contributed by atoms with Gasteiger partial charge in [0.15, 0.2) is 0 Å². The Kier molecular flexibility index (Phi) is 49.5. The molecule has 6 nitrogen and oxygen atoms in total. The first-order valence-electron chi connectivity index (χ1n) is 27.9. The van der Waals surface area contributed by atoms with E-state index in [1.165, 1.54) is 218 Å². The van der Waals surface area contributed by atoms with Crippen LogP contribution in [-0.2, 0) is 14.3 Å². The number of aliphatic hydroxyl groups excluding tert-OH is 2. The van der Waals surface area contributed by atoms with E-state index in [0.29, 0.717) is 19.3 Å². The van der Waals surface area contributed by atoms with Crippen LogP contribution < -0.4 is 5.32 Å². The molecule has 3 N–H and O–H groups in total. The number of allylic oxidation sites excluding steroid dienone is 2. The van der Waals surface area contributed by atoms with Crippen LogP contribution in [0.3, 0.4) is 0 Å². The maximum atomic E-state index is 13.2. The summed E-state index contributed by atoms with van der Waals surface area (Å²) in [4.78, 5) is 26.2. The van der Waals surface area contributed by atoms with Crippen LogP contribution in [-0.4, -0.2) is 46.9 Å². The molecule has 62 heavy (non-hydrogen) atoms. The summed E-state index contributed by atoms with van der Waals surface area (Å²) in [6.07, 6.45) is 57.0. The number of unbranched alkanes of at least 4 members (excludes halogenated alkanes) is 37. The standard InChI is InChI=1S/C56H109NO5/c1-4-7-10-13-16-19-22-25-27-28-29-31-34-37-40-43-46-49-56(61)62-52(47-44-41-38-35-32-24-21-18-15-12-9-6-3)50-55(60)57-53(51-58)54(59)48-45-42-39-36-33-30-26-23-20-17-14-11-8-5-2/h25,27,52-54,58-59H,4-24,26,28-51H2,1-3H3,(H,57,60)/b27-25+. The molecule has 0 bridgehead atoms. The summed E-state index contributed by atoms with van der Waals surface area (Å²) in [6.45, 7) is 6.51. The van der Waals surface area contributed by atoms with Crippen LogP contribution >= 0.6 is 0 Å². The summed E-state index contributed by atoms with van der Waals surface area (Å²) in [5, 5.41) is 23.8. The van der Waals surface area contributed by atoms with Crippen molar-refractivity contribution in [2.45, 2.75) is 328 Å². The van der Waals surface area contributed by atoms with Gasteiger partial charge in [-0.25, -0.2) is 0 Å². The molecule has 6 heteroatoms. The maximum absolute atomic E-state index is 13.2. The quantitative estimate of drug-likeness (QED) is 0.0321. The molecular formula is C56H109NO5. The molecular weight excluding hydrogens is 767 g/mol. The van der Waals surface area contributed by atoms with E-state index in [-0.39, 0.29) is 24.9 Å². The van der Waals surface area contributed by atoms with Gasteiger partial charge in [-0.2, -0.15) is 0 Å². The number of carbonyl (C=O) groups is 2. The number of esters is 1. The number of amides is 1. The molecule has 0 aromatic rings. The normalized spacial score (nSPS) is 13.2. The van der Waals surface area contributed by atoms with E-state index < -0.39 is 18.2 Å². The lowest BCUT2D eigenvalue weighted by atomic mass is 10.0. The number of rotatable bonds is 51. The van der Waals surface area contributed by atoms with Crippen LogP contribution in [0.15, 0.2) is 12.2 Å². The first-order valence-corrected chi connectivity index (χ1v) is 27.9. The summed E-state index contributed by atoms with van der Waals surface area (Å²) in [6, 6.07) is -0.696. The number of carbonyl (C=O) groups excluding carboxylic acids is 2. The molecule has 1 amide bonds. The lowest BCUT2D eigenvalue weighted by Crippen LogP contribution is -2.46. The Hall–Kier alpha value is -1.40. The topological polar surface area (TPSA) is 95.9 Å². The predicted octanol–water partition coefficient (Wildman–Crippen LogP) is 16.9. The van der Waals surface area contributed by atoms with Crippen LogP contribution in [0.5, 0.6) is 0 Å². The molecule has 0 saturated heterocycles. The van der Waals surface area contributed by atoms with Gasteiger partial charge in [-0.05, 0) is 51.4 Å². The van der Waals surface area contributed by atoms with Gasteiger partial charge in [0, 0.05) is 6.42 Å². The summed E-state index contributed by atoms with van der Waals surface area (Å²) in [5.41, 5.74) is 0. The van der Waals surface area contributed by atoms with Gasteiger partial charge in [0.25, 0.3) is 0 Å². The Morgan fingerprint density at radius 2 is 0.774 bits per heavy atom. The minimum absolute atomic E-state index is 0.0834. The lowest BCUT2D eigenvalue weighted by molar-refractivity contribution is -0.151. The molecule has 0 radical (unpaired) electrons. The Balaban J connectivity index is 4.48. The van der Waals surface area contributed by atoms with Gasteiger partial charge < -0.3 is 20.3 Å². The highest BCUT2D eigenvalue weighted by Gasteiger charge is 2.24. The van der Waals surface area contributed by atoms with E-state index in [4.69, 9.17) is 4.74 Å². The van der Waals surface area contributed by atoms with Crippen molar-refractivity contribution in [2.24, 2.45) is 0 Å². The number of aliphatic hydroxyl groups is 2. The van der Waals surface area contributed by atoms with E-state index in [9.17, 15) is 19.8 Å². The molecule has 0 fully saturated rings. The van der Waals surface area contributed by atoms with Crippen LogP contribution in [0, 0.1) is 0 Å². The van der Waals surface area contributed by atoms with Gasteiger partial charge in [-0.1, -0.05) is 258 Å². The van der Waals surface area contributed by atoms with Crippen molar-refractivity contribution in [3.63, 3.8) is 0 Å². The highest BCUT2D eigenvalue weighted by molar-refractivity contribution is 5.77. The average Bonchev–Trinajstić information content (AvgIpc) is 3.26. The summed E-state index contributed by atoms with van der Waals surface area (Å²) in [7, 11) is 0. The average molecular weight is 876 g/mol. The summed E-state index contributed by atoms with van der Waals surface area (Å²) in [5.74, 6) is -0.458. The number of ether oxygens (including phenoxy) is 1. The zero-order valence-electron chi connectivity index (χ0n) is 42.0. The third-order valence-electron chi connectivity index (χ3n) is 13.1. The number of hydrogen-bond acceptors (Lipinski definition) is 5. The number of hydrogen-bond donors (Lipinski definition) is 3. The Morgan fingerprint density at radius 1 is 0.452 bits per heavy atom. The first kappa shape index (κ1) is 60.6. The SMILES string of the molecule is CCCCCCCC/C=C/CCCCCCCCCC(=O)OC(CCCCCCCCCCCCCC)CC(=O)NC(CO)C(O)CCCCCCCCCCCCCCCC. The molecule has 368 valence electrons. The Labute approximate surface area is 387 Å². The summed E-state index contributed by atoms with van der Waals surface area (Å²) < 4.78 is 5.95. The molecule has 0 aromatic heterocycles. The second-order valence-electron chi connectivity index (χ2n) is 19.3. The van der Waals surface area contributed by atoms with Gasteiger partial charge >= 0.3 is 5.97 Å². The van der Waals surface area contributed by atoms with Crippen LogP contribution in [0.2, 0.25) is 0 Å². The van der Waals surface area contributed by atoms with Gasteiger partial charge in [0.05, 0.1) is 25.2 Å². The minimum Gasteiger partial charge on any atom is -0.462 e. The highest BCUT2D eigenvalue weighted by Crippen LogP contribution is 2.19. The van der Waals surface area contributed by atoms with Gasteiger partial charge in [0.2, 0.25) is 5.91 Å². The van der Waals surface area contributed by atoms with Gasteiger partial charge in [-0.15, -0.1) is 0 Å². The van der Waals surface area contributed by atoms with Crippen molar-refractivity contribution in [3.8, 4) is 0 Å². The highest BCUT2D eigenvalue weighted by atomic mass is 16.5. The fraction of sp³-hybridized carbons (Fsp3) is 0.929. The second-order valence-corrected chi connectivity index (χ2v) is 19.3. The van der Waals surface area contributed by atoms with Crippen LogP contribution in [0.4, 0.5) is 0 Å². The smallest absolute Gasteiger partial charge is 0.306 e. The minimum atomic E-state index is -0.782. The van der Waals surface area contributed by atoms with Crippen molar-refractivity contribution in [1.29, 1.82) is 0 Å². The van der Waals surface area contributed by atoms with E-state index in [1.807, 2.05) is 0 Å². The van der Waals surface area contributed by atoms with Gasteiger partial charge in [0.1, 0.15) is 6.10 Å². The van der Waals surface area contributed by atoms with E-state index >= 15 is 0 Å². The van der Waals surface area contributed by atoms with Crippen molar-refractivity contribution in [2.75, 3.05) is 6.61 Å². The van der Waals surface area contributed by atoms with Crippen molar-refractivity contribution in [3.05, 3.63) is 12.2 Å². The molecule has 3 unspecified atom stereocenters. The van der Waals surface area contributed by atoms with E-state index in [0.717, 1.165) is 44.9 Å². The largest absolute Gasteiger partial charge is 0.462 e. The second kappa shape index (κ2) is 50.6. The first-order chi connectivity index (χ1) is 30.5. The third kappa shape index (κ3) is 45.2. The molecule has 0 aliphatic carbocycles. The van der Waals surface area contributed by atoms with Crippen molar-refractivity contribution < 1.29 is 24.5 Å². The maximum Gasteiger partial charge on any atom is 0.306 e. The van der Waals surface area contributed by atoms with Crippen molar-refractivity contribution >= 4 is 11.9 Å². The molecule has 0 rings (SSSR count). The molecule has 0 saturated carbocycles. The third-order valence-corrected chi connectivity index (χ3v) is 13.1. The molecule has 0 heterocycles. The van der Waals surface area contributed by atoms with Gasteiger partial charge in [-0.3, -0.25) is 9.59 Å². The molecule has 3 atom stereocenters. The predicted molar refractivity (Wildman–Crippen MR) is 269 cm³/mol.